The lowest BCUT2D eigenvalue weighted by Crippen LogP contribution is -2.47. The van der Waals surface area contributed by atoms with Crippen molar-refractivity contribution in [1.82, 2.24) is 9.62 Å². The van der Waals surface area contributed by atoms with Crippen molar-refractivity contribution in [2.45, 2.75) is 46.6 Å². The Hall–Kier alpha value is -1.40. The SMILES string of the molecule is CCS(=O)(=O)N1CCC[C@@H](C(=O)N[C@H](c2ccccc2C)C(C)C)C1. The highest BCUT2D eigenvalue weighted by atomic mass is 32.2. The van der Waals surface area contributed by atoms with Crippen LogP contribution in [0.5, 0.6) is 0 Å². The number of sulfonamides is 1. The zero-order valence-corrected chi connectivity index (χ0v) is 16.5. The van der Waals surface area contributed by atoms with E-state index in [0.29, 0.717) is 13.1 Å². The van der Waals surface area contributed by atoms with Crippen LogP contribution in [0.3, 0.4) is 0 Å². The molecule has 25 heavy (non-hydrogen) atoms. The van der Waals surface area contributed by atoms with Gasteiger partial charge in [0.1, 0.15) is 0 Å². The third-order valence-electron chi connectivity index (χ3n) is 5.00. The molecule has 0 spiro atoms. The summed E-state index contributed by atoms with van der Waals surface area (Å²) >= 11 is 0. The largest absolute Gasteiger partial charge is 0.349 e. The standard InChI is InChI=1S/C19H30N2O3S/c1-5-25(23,24)21-12-8-10-16(13-21)19(22)20-18(14(2)3)17-11-7-6-9-15(17)4/h6-7,9,11,14,16,18H,5,8,10,12-13H2,1-4H3,(H,20,22)/t16-,18+/m1/s1. The van der Waals surface area contributed by atoms with Crippen molar-refractivity contribution in [2.24, 2.45) is 11.8 Å². The van der Waals surface area contributed by atoms with Crippen LogP contribution in [0.4, 0.5) is 0 Å². The average Bonchev–Trinajstić information content (AvgIpc) is 2.60. The van der Waals surface area contributed by atoms with Crippen LogP contribution in [0.15, 0.2) is 24.3 Å². The van der Waals surface area contributed by atoms with Crippen molar-refractivity contribution in [2.75, 3.05) is 18.8 Å². The molecule has 1 saturated heterocycles. The van der Waals surface area contributed by atoms with E-state index >= 15 is 0 Å². The summed E-state index contributed by atoms with van der Waals surface area (Å²) in [7, 11) is -3.24. The second-order valence-corrected chi connectivity index (χ2v) is 9.44. The Labute approximate surface area is 151 Å². The van der Waals surface area contributed by atoms with Crippen molar-refractivity contribution in [3.8, 4) is 0 Å². The van der Waals surface area contributed by atoms with Crippen molar-refractivity contribution in [3.63, 3.8) is 0 Å². The molecule has 1 amide bonds. The Morgan fingerprint density at radius 1 is 1.32 bits per heavy atom. The molecule has 5 nitrogen and oxygen atoms in total. The van der Waals surface area contributed by atoms with Gasteiger partial charge in [-0.1, -0.05) is 38.1 Å². The van der Waals surface area contributed by atoms with Gasteiger partial charge < -0.3 is 5.32 Å². The number of carbonyl (C=O) groups excluding carboxylic acids is 1. The first kappa shape index (κ1) is 19.9. The van der Waals surface area contributed by atoms with Crippen molar-refractivity contribution in [3.05, 3.63) is 35.4 Å². The molecule has 0 aromatic heterocycles. The van der Waals surface area contributed by atoms with Crippen LogP contribution in [0.25, 0.3) is 0 Å². The molecule has 6 heteroatoms. The molecule has 0 saturated carbocycles. The van der Waals surface area contributed by atoms with Crippen molar-refractivity contribution in [1.29, 1.82) is 0 Å². The van der Waals surface area contributed by atoms with E-state index < -0.39 is 10.0 Å². The normalized spacial score (nSPS) is 20.4. The van der Waals surface area contributed by atoms with Crippen LogP contribution < -0.4 is 5.32 Å². The molecule has 1 fully saturated rings. The molecule has 0 aliphatic carbocycles. The van der Waals surface area contributed by atoms with Gasteiger partial charge in [-0.25, -0.2) is 12.7 Å². The number of aryl methyl sites for hydroxylation is 1. The number of hydrogen-bond donors (Lipinski definition) is 1. The number of amides is 1. The Balaban J connectivity index is 2.12. The monoisotopic (exact) mass is 366 g/mol. The number of hydrogen-bond acceptors (Lipinski definition) is 3. The number of rotatable bonds is 6. The first-order valence-electron chi connectivity index (χ1n) is 9.10. The molecule has 1 aromatic carbocycles. The summed E-state index contributed by atoms with van der Waals surface area (Å²) in [5, 5.41) is 3.17. The number of benzene rings is 1. The van der Waals surface area contributed by atoms with Gasteiger partial charge in [0.2, 0.25) is 15.9 Å². The molecule has 0 unspecified atom stereocenters. The minimum Gasteiger partial charge on any atom is -0.349 e. The molecule has 140 valence electrons. The molecule has 1 N–H and O–H groups in total. The summed E-state index contributed by atoms with van der Waals surface area (Å²) in [6.07, 6.45) is 1.47. The van der Waals surface area contributed by atoms with Crippen molar-refractivity contribution < 1.29 is 13.2 Å². The predicted octanol–water partition coefficient (Wildman–Crippen LogP) is 2.87. The van der Waals surface area contributed by atoms with E-state index in [1.165, 1.54) is 4.31 Å². The molecule has 1 aliphatic heterocycles. The van der Waals surface area contributed by atoms with Crippen LogP contribution in [-0.2, 0) is 14.8 Å². The molecule has 0 bridgehead atoms. The second-order valence-electron chi connectivity index (χ2n) is 7.18. The Kier molecular flexibility index (Phi) is 6.63. The van der Waals surface area contributed by atoms with Gasteiger partial charge in [0.15, 0.2) is 0 Å². The second kappa shape index (κ2) is 8.32. The zero-order valence-electron chi connectivity index (χ0n) is 15.7. The molecule has 2 atom stereocenters. The van der Waals surface area contributed by atoms with Gasteiger partial charge in [-0.2, -0.15) is 0 Å². The van der Waals surface area contributed by atoms with Gasteiger partial charge in [-0.3, -0.25) is 4.79 Å². The van der Waals surface area contributed by atoms with Crippen LogP contribution in [0.2, 0.25) is 0 Å². The number of nitrogens with zero attached hydrogens (tertiary/aromatic N) is 1. The Morgan fingerprint density at radius 3 is 2.60 bits per heavy atom. The van der Waals surface area contributed by atoms with Gasteiger partial charge in [-0.15, -0.1) is 0 Å². The summed E-state index contributed by atoms with van der Waals surface area (Å²) in [6, 6.07) is 8.02. The third-order valence-corrected chi connectivity index (χ3v) is 6.85. The minimum atomic E-state index is -3.24. The fourth-order valence-corrected chi connectivity index (χ4v) is 4.58. The first-order chi connectivity index (χ1) is 11.8. The maximum atomic E-state index is 12.8. The highest BCUT2D eigenvalue weighted by Crippen LogP contribution is 2.26. The lowest BCUT2D eigenvalue weighted by Gasteiger charge is -2.33. The molecule has 1 aromatic rings. The fraction of sp³-hybridized carbons (Fsp3) is 0.632. The zero-order chi connectivity index (χ0) is 18.6. The summed E-state index contributed by atoms with van der Waals surface area (Å²) in [5.41, 5.74) is 2.28. The first-order valence-corrected chi connectivity index (χ1v) is 10.7. The molecular weight excluding hydrogens is 336 g/mol. The summed E-state index contributed by atoms with van der Waals surface area (Å²) < 4.78 is 25.7. The van der Waals surface area contributed by atoms with E-state index in [1.54, 1.807) is 6.92 Å². The quantitative estimate of drug-likeness (QED) is 0.842. The van der Waals surface area contributed by atoms with Crippen molar-refractivity contribution >= 4 is 15.9 Å². The Bertz CT molecular complexity index is 700. The van der Waals surface area contributed by atoms with E-state index in [4.69, 9.17) is 0 Å². The van der Waals surface area contributed by atoms with Gasteiger partial charge >= 0.3 is 0 Å². The average molecular weight is 367 g/mol. The fourth-order valence-electron chi connectivity index (χ4n) is 3.40. The van der Waals surface area contributed by atoms with Crippen LogP contribution in [0.1, 0.15) is 50.8 Å². The van der Waals surface area contributed by atoms with E-state index in [-0.39, 0.29) is 29.5 Å². The highest BCUT2D eigenvalue weighted by Gasteiger charge is 2.32. The van der Waals surface area contributed by atoms with Gasteiger partial charge in [0, 0.05) is 13.1 Å². The summed E-state index contributed by atoms with van der Waals surface area (Å²) in [5.74, 6) is 0.0153. The molecule has 1 heterocycles. The number of piperidine rings is 1. The lowest BCUT2D eigenvalue weighted by atomic mass is 9.91. The number of nitrogens with one attached hydrogen (secondary N) is 1. The van der Waals surface area contributed by atoms with Crippen LogP contribution >= 0.6 is 0 Å². The van der Waals surface area contributed by atoms with E-state index in [0.717, 1.165) is 24.0 Å². The third kappa shape index (κ3) is 4.82. The van der Waals surface area contributed by atoms with Gasteiger partial charge in [-0.05, 0) is 43.7 Å². The number of carbonyl (C=O) groups is 1. The summed E-state index contributed by atoms with van der Waals surface area (Å²) in [4.78, 5) is 12.8. The summed E-state index contributed by atoms with van der Waals surface area (Å²) in [6.45, 7) is 8.68. The Morgan fingerprint density at radius 2 is 2.00 bits per heavy atom. The van der Waals surface area contributed by atoms with E-state index in [9.17, 15) is 13.2 Å². The predicted molar refractivity (Wildman–Crippen MR) is 101 cm³/mol. The molecule has 0 radical (unpaired) electrons. The maximum absolute atomic E-state index is 12.8. The lowest BCUT2D eigenvalue weighted by molar-refractivity contribution is -0.127. The van der Waals surface area contributed by atoms with Gasteiger partial charge in [0.05, 0.1) is 17.7 Å². The smallest absolute Gasteiger partial charge is 0.224 e. The molecular formula is C19H30N2O3S. The van der Waals surface area contributed by atoms with Crippen LogP contribution in [-0.4, -0.2) is 37.5 Å². The van der Waals surface area contributed by atoms with Crippen LogP contribution in [0, 0.1) is 18.8 Å². The molecule has 1 aliphatic rings. The highest BCUT2D eigenvalue weighted by molar-refractivity contribution is 7.89. The topological polar surface area (TPSA) is 66.5 Å². The van der Waals surface area contributed by atoms with E-state index in [2.05, 4.69) is 25.2 Å². The van der Waals surface area contributed by atoms with Gasteiger partial charge in [0.25, 0.3) is 0 Å². The maximum Gasteiger partial charge on any atom is 0.224 e. The minimum absolute atomic E-state index is 0.0436. The molecule has 2 rings (SSSR count). The van der Waals surface area contributed by atoms with E-state index in [1.807, 2.05) is 25.1 Å².